The van der Waals surface area contributed by atoms with Gasteiger partial charge in [0, 0.05) is 51.5 Å². The van der Waals surface area contributed by atoms with E-state index in [0.717, 1.165) is 44.8 Å². The predicted molar refractivity (Wildman–Crippen MR) is 130 cm³/mol. The zero-order valence-electron chi connectivity index (χ0n) is 20.0. The second-order valence-electron chi connectivity index (χ2n) is 9.09. The summed E-state index contributed by atoms with van der Waals surface area (Å²) in [5.74, 6) is 1.10. The van der Waals surface area contributed by atoms with Crippen LogP contribution in [-0.2, 0) is 9.59 Å². The molecule has 2 aliphatic heterocycles. The molecule has 3 heterocycles. The fourth-order valence-corrected chi connectivity index (χ4v) is 4.77. The molecular weight excluding hydrogens is 473 g/mol. The number of rotatable bonds is 7. The molecule has 2 saturated heterocycles. The van der Waals surface area contributed by atoms with E-state index in [-0.39, 0.29) is 16.8 Å². The van der Waals surface area contributed by atoms with Gasteiger partial charge in [-0.2, -0.15) is 0 Å². The number of nitrogens with zero attached hydrogens (tertiary/aromatic N) is 5. The number of carbonyl (C=O) groups excluding carboxylic acids is 2. The molecule has 0 N–H and O–H groups in total. The van der Waals surface area contributed by atoms with Crippen molar-refractivity contribution < 1.29 is 18.4 Å². The summed E-state index contributed by atoms with van der Waals surface area (Å²) in [5, 5.41) is 8.10. The molecule has 2 aliphatic rings. The van der Waals surface area contributed by atoms with Crippen LogP contribution in [0.25, 0.3) is 6.08 Å². The molecule has 0 atom stereocenters. The fourth-order valence-electron chi connectivity index (χ4n) is 4.58. The molecule has 2 fully saturated rings. The Hall–Kier alpha value is -2.78. The molecule has 1 aromatic heterocycles. The van der Waals surface area contributed by atoms with Crippen LogP contribution < -0.4 is 0 Å². The van der Waals surface area contributed by atoms with Gasteiger partial charge in [0.05, 0.1) is 5.02 Å². The Morgan fingerprint density at radius 3 is 2.69 bits per heavy atom. The monoisotopic (exact) mass is 503 g/mol. The summed E-state index contributed by atoms with van der Waals surface area (Å²) in [6, 6.07) is 4.31. The number of aryl methyl sites for hydroxylation is 1. The van der Waals surface area contributed by atoms with Crippen LogP contribution in [0.4, 0.5) is 4.39 Å². The van der Waals surface area contributed by atoms with Gasteiger partial charge in [0.2, 0.25) is 23.6 Å². The minimum atomic E-state index is -0.496. The molecule has 2 amide bonds. The minimum absolute atomic E-state index is 0.0156. The average Bonchev–Trinajstić information content (AvgIpc) is 3.20. The lowest BCUT2D eigenvalue weighted by atomic mass is 9.97. The van der Waals surface area contributed by atoms with E-state index in [1.807, 2.05) is 11.8 Å². The molecule has 8 nitrogen and oxygen atoms in total. The molecule has 35 heavy (non-hydrogen) atoms. The Balaban J connectivity index is 1.19. The van der Waals surface area contributed by atoms with Crippen LogP contribution in [0.5, 0.6) is 0 Å². The van der Waals surface area contributed by atoms with Crippen LogP contribution in [0, 0.1) is 12.7 Å². The first kappa shape index (κ1) is 25.3. The highest BCUT2D eigenvalue weighted by Crippen LogP contribution is 2.27. The Labute approximate surface area is 209 Å². The third-order valence-electron chi connectivity index (χ3n) is 6.64. The fraction of sp³-hybridized carbons (Fsp3) is 0.520. The number of halogens is 2. The SMILES string of the molecule is Cc1nnc(C2CCN(CCCN3CCN(C(=O)/C=C/c4ccc(F)c(Cl)c4)CCC3=O)CC2)o1. The van der Waals surface area contributed by atoms with Gasteiger partial charge in [-0.1, -0.05) is 17.7 Å². The lowest BCUT2D eigenvalue weighted by Gasteiger charge is -2.31. The summed E-state index contributed by atoms with van der Waals surface area (Å²) in [5.41, 5.74) is 0.647. The maximum atomic E-state index is 13.3. The molecule has 4 rings (SSSR count). The maximum absolute atomic E-state index is 13.3. The van der Waals surface area contributed by atoms with Crippen molar-refractivity contribution in [2.45, 2.75) is 38.5 Å². The first-order valence-corrected chi connectivity index (χ1v) is 12.5. The van der Waals surface area contributed by atoms with E-state index in [0.29, 0.717) is 50.0 Å². The molecule has 1 aromatic carbocycles. The van der Waals surface area contributed by atoms with Gasteiger partial charge < -0.3 is 19.1 Å². The summed E-state index contributed by atoms with van der Waals surface area (Å²) < 4.78 is 18.9. The van der Waals surface area contributed by atoms with Gasteiger partial charge in [0.1, 0.15) is 5.82 Å². The highest BCUT2D eigenvalue weighted by Gasteiger charge is 2.26. The highest BCUT2D eigenvalue weighted by atomic mass is 35.5. The molecule has 2 aromatic rings. The second kappa shape index (κ2) is 11.8. The first-order valence-electron chi connectivity index (χ1n) is 12.1. The topological polar surface area (TPSA) is 82.8 Å². The van der Waals surface area contributed by atoms with Crippen molar-refractivity contribution >= 4 is 29.5 Å². The summed E-state index contributed by atoms with van der Waals surface area (Å²) in [7, 11) is 0. The van der Waals surface area contributed by atoms with Crippen molar-refractivity contribution in [3.63, 3.8) is 0 Å². The van der Waals surface area contributed by atoms with Crippen LogP contribution >= 0.6 is 11.6 Å². The molecule has 0 bridgehead atoms. The number of likely N-dealkylation sites (tertiary alicyclic amines) is 1. The molecule has 188 valence electrons. The van der Waals surface area contributed by atoms with Gasteiger partial charge in [0.15, 0.2) is 0 Å². The standard InChI is InChI=1S/C25H31ClFN5O3/c1-18-28-29-25(35-18)20-7-12-30(13-8-20)10-2-11-31-15-16-32(14-9-24(31)34)23(33)6-4-19-3-5-22(27)21(26)17-19/h3-6,17,20H,2,7-16H2,1H3/b6-4+. The van der Waals surface area contributed by atoms with E-state index < -0.39 is 5.82 Å². The van der Waals surface area contributed by atoms with E-state index in [4.69, 9.17) is 16.0 Å². The van der Waals surface area contributed by atoms with Crippen LogP contribution in [0.3, 0.4) is 0 Å². The Bertz CT molecular complexity index is 1070. The van der Waals surface area contributed by atoms with Gasteiger partial charge >= 0.3 is 0 Å². The minimum Gasteiger partial charge on any atom is -0.425 e. The number of carbonyl (C=O) groups is 2. The van der Waals surface area contributed by atoms with E-state index >= 15 is 0 Å². The highest BCUT2D eigenvalue weighted by molar-refractivity contribution is 6.30. The van der Waals surface area contributed by atoms with Crippen molar-refractivity contribution in [1.82, 2.24) is 24.9 Å². The van der Waals surface area contributed by atoms with E-state index in [1.54, 1.807) is 17.0 Å². The van der Waals surface area contributed by atoms with Crippen LogP contribution in [0.15, 0.2) is 28.7 Å². The van der Waals surface area contributed by atoms with Crippen molar-refractivity contribution in [3.05, 3.63) is 52.5 Å². The summed E-state index contributed by atoms with van der Waals surface area (Å²) in [4.78, 5) is 31.2. The first-order chi connectivity index (χ1) is 16.9. The van der Waals surface area contributed by atoms with E-state index in [9.17, 15) is 14.0 Å². The van der Waals surface area contributed by atoms with E-state index in [1.165, 1.54) is 18.2 Å². The number of hydrogen-bond acceptors (Lipinski definition) is 6. The van der Waals surface area contributed by atoms with Gasteiger partial charge in [-0.3, -0.25) is 9.59 Å². The predicted octanol–water partition coefficient (Wildman–Crippen LogP) is 3.51. The summed E-state index contributed by atoms with van der Waals surface area (Å²) in [6.07, 6.45) is 6.27. The van der Waals surface area contributed by atoms with Crippen LogP contribution in [0.2, 0.25) is 5.02 Å². The average molecular weight is 504 g/mol. The number of amides is 2. The zero-order valence-corrected chi connectivity index (χ0v) is 20.7. The zero-order chi connectivity index (χ0) is 24.8. The summed E-state index contributed by atoms with van der Waals surface area (Å²) >= 11 is 5.80. The van der Waals surface area contributed by atoms with Crippen molar-refractivity contribution in [2.24, 2.45) is 0 Å². The van der Waals surface area contributed by atoms with Crippen LogP contribution in [0.1, 0.15) is 48.9 Å². The lowest BCUT2D eigenvalue weighted by molar-refractivity contribution is -0.130. The second-order valence-corrected chi connectivity index (χ2v) is 9.50. The molecule has 0 unspecified atom stereocenters. The van der Waals surface area contributed by atoms with Gasteiger partial charge in [-0.15, -0.1) is 10.2 Å². The number of benzene rings is 1. The molecule has 0 aliphatic carbocycles. The summed E-state index contributed by atoms with van der Waals surface area (Å²) in [6.45, 7) is 6.81. The van der Waals surface area contributed by atoms with E-state index in [2.05, 4.69) is 15.1 Å². The molecule has 10 heteroatoms. The van der Waals surface area contributed by atoms with Crippen molar-refractivity contribution in [3.8, 4) is 0 Å². The molecular formula is C25H31ClFN5O3. The maximum Gasteiger partial charge on any atom is 0.246 e. The Morgan fingerprint density at radius 1 is 1.17 bits per heavy atom. The van der Waals surface area contributed by atoms with Crippen molar-refractivity contribution in [1.29, 1.82) is 0 Å². The van der Waals surface area contributed by atoms with Gasteiger partial charge in [0.25, 0.3) is 0 Å². The molecule has 0 spiro atoms. The largest absolute Gasteiger partial charge is 0.425 e. The number of piperidine rings is 1. The number of aromatic nitrogens is 2. The number of hydrogen-bond donors (Lipinski definition) is 0. The quantitative estimate of drug-likeness (QED) is 0.538. The normalized spacial score (nSPS) is 18.4. The van der Waals surface area contributed by atoms with Gasteiger partial charge in [-0.25, -0.2) is 4.39 Å². The Morgan fingerprint density at radius 2 is 1.97 bits per heavy atom. The lowest BCUT2D eigenvalue weighted by Crippen LogP contribution is -2.38. The van der Waals surface area contributed by atoms with Crippen molar-refractivity contribution in [2.75, 3.05) is 45.8 Å². The molecule has 0 saturated carbocycles. The Kier molecular flexibility index (Phi) is 8.51. The third-order valence-corrected chi connectivity index (χ3v) is 6.93. The van der Waals surface area contributed by atoms with Crippen LogP contribution in [-0.4, -0.2) is 82.5 Å². The smallest absolute Gasteiger partial charge is 0.246 e. The third kappa shape index (κ3) is 6.89. The molecule has 0 radical (unpaired) electrons. The van der Waals surface area contributed by atoms with Gasteiger partial charge in [-0.05, 0) is 62.7 Å².